The Hall–Kier alpha value is -4.21. The predicted molar refractivity (Wildman–Crippen MR) is 115 cm³/mol. The molecule has 0 saturated carbocycles. The maximum absolute atomic E-state index is 14.8. The van der Waals surface area contributed by atoms with E-state index in [0.717, 1.165) is 0 Å². The minimum Gasteiger partial charge on any atom is -0.438 e. The Labute approximate surface area is 188 Å². The molecule has 8 nitrogen and oxygen atoms in total. The molecule has 0 unspecified atom stereocenters. The SMILES string of the molecule is CC(C)(c1ccc(CNC(=O)c2cccnc2Oc2ccc(F)cc2)c(F)c1)c1nnn[nH]1. The Morgan fingerprint density at radius 3 is 2.61 bits per heavy atom. The maximum Gasteiger partial charge on any atom is 0.257 e. The Morgan fingerprint density at radius 1 is 1.12 bits per heavy atom. The van der Waals surface area contributed by atoms with Gasteiger partial charge in [-0.25, -0.2) is 18.9 Å². The standard InChI is InChI=1S/C23H20F2N6O2/c1-23(2,22-28-30-31-29-22)15-6-5-14(19(25)12-15)13-27-20(32)18-4-3-11-26-21(18)33-17-9-7-16(24)8-10-17/h3-12H,13H2,1-2H3,(H,27,32)(H,28,29,30,31). The fourth-order valence-corrected chi connectivity index (χ4v) is 3.17. The van der Waals surface area contributed by atoms with Crippen LogP contribution in [0.5, 0.6) is 11.6 Å². The fourth-order valence-electron chi connectivity index (χ4n) is 3.17. The van der Waals surface area contributed by atoms with E-state index in [0.29, 0.717) is 22.7 Å². The van der Waals surface area contributed by atoms with Crippen LogP contribution < -0.4 is 10.1 Å². The van der Waals surface area contributed by atoms with Crippen molar-refractivity contribution in [1.82, 2.24) is 30.9 Å². The lowest BCUT2D eigenvalue weighted by Gasteiger charge is -2.22. The van der Waals surface area contributed by atoms with Crippen LogP contribution in [0.1, 0.15) is 41.2 Å². The van der Waals surface area contributed by atoms with Gasteiger partial charge in [0, 0.05) is 18.3 Å². The smallest absolute Gasteiger partial charge is 0.257 e. The Bertz CT molecular complexity index is 1260. The molecule has 0 spiro atoms. The Kier molecular flexibility index (Phi) is 6.07. The largest absolute Gasteiger partial charge is 0.438 e. The summed E-state index contributed by atoms with van der Waals surface area (Å²) in [6.07, 6.45) is 1.47. The number of tetrazole rings is 1. The van der Waals surface area contributed by atoms with Gasteiger partial charge in [0.1, 0.15) is 22.9 Å². The first-order valence-electron chi connectivity index (χ1n) is 10.0. The van der Waals surface area contributed by atoms with Crippen LogP contribution in [0.2, 0.25) is 0 Å². The minimum atomic E-state index is -0.631. The Balaban J connectivity index is 1.47. The third kappa shape index (κ3) is 4.84. The molecule has 168 valence electrons. The van der Waals surface area contributed by atoms with E-state index >= 15 is 0 Å². The van der Waals surface area contributed by atoms with Crippen LogP contribution in [-0.2, 0) is 12.0 Å². The van der Waals surface area contributed by atoms with Crippen molar-refractivity contribution in [2.45, 2.75) is 25.8 Å². The average molecular weight is 450 g/mol. The van der Waals surface area contributed by atoms with Gasteiger partial charge >= 0.3 is 0 Å². The van der Waals surface area contributed by atoms with Gasteiger partial charge in [0.2, 0.25) is 5.88 Å². The normalized spacial score (nSPS) is 11.3. The second kappa shape index (κ2) is 9.11. The number of rotatable bonds is 7. The molecule has 2 heterocycles. The molecule has 4 aromatic rings. The number of pyridine rings is 1. The molecular formula is C23H20F2N6O2. The monoisotopic (exact) mass is 450 g/mol. The van der Waals surface area contributed by atoms with Crippen LogP contribution in [-0.4, -0.2) is 31.5 Å². The van der Waals surface area contributed by atoms with Crippen molar-refractivity contribution in [1.29, 1.82) is 0 Å². The van der Waals surface area contributed by atoms with E-state index in [2.05, 4.69) is 30.9 Å². The summed E-state index contributed by atoms with van der Waals surface area (Å²) in [6, 6.07) is 13.2. The molecule has 4 rings (SSSR count). The van der Waals surface area contributed by atoms with Crippen LogP contribution in [0.15, 0.2) is 60.8 Å². The molecule has 2 aromatic carbocycles. The quantitative estimate of drug-likeness (QED) is 0.442. The minimum absolute atomic E-state index is 0.0415. The van der Waals surface area contributed by atoms with Gasteiger partial charge in [-0.15, -0.1) is 5.10 Å². The van der Waals surface area contributed by atoms with E-state index in [9.17, 15) is 13.6 Å². The third-order valence-corrected chi connectivity index (χ3v) is 5.20. The van der Waals surface area contributed by atoms with Crippen molar-refractivity contribution in [3.8, 4) is 11.6 Å². The maximum atomic E-state index is 14.8. The van der Waals surface area contributed by atoms with E-state index in [1.165, 1.54) is 42.6 Å². The Morgan fingerprint density at radius 2 is 1.91 bits per heavy atom. The number of hydrogen-bond donors (Lipinski definition) is 2. The van der Waals surface area contributed by atoms with Crippen LogP contribution in [0.3, 0.4) is 0 Å². The van der Waals surface area contributed by atoms with E-state index in [1.807, 2.05) is 13.8 Å². The molecule has 0 saturated heterocycles. The number of hydrogen-bond acceptors (Lipinski definition) is 6. The molecule has 10 heteroatoms. The highest BCUT2D eigenvalue weighted by molar-refractivity contribution is 5.96. The van der Waals surface area contributed by atoms with Crippen molar-refractivity contribution < 1.29 is 18.3 Å². The first-order chi connectivity index (χ1) is 15.8. The van der Waals surface area contributed by atoms with Gasteiger partial charge in [0.05, 0.1) is 5.41 Å². The molecule has 0 atom stereocenters. The zero-order chi connectivity index (χ0) is 23.4. The summed E-state index contributed by atoms with van der Waals surface area (Å²) >= 11 is 0. The van der Waals surface area contributed by atoms with Gasteiger partial charge in [0.15, 0.2) is 5.82 Å². The highest BCUT2D eigenvalue weighted by Crippen LogP contribution is 2.29. The van der Waals surface area contributed by atoms with Gasteiger partial charge in [-0.05, 0) is 72.3 Å². The lowest BCUT2D eigenvalue weighted by molar-refractivity contribution is 0.0947. The van der Waals surface area contributed by atoms with E-state index in [1.54, 1.807) is 18.2 Å². The number of halogens is 2. The lowest BCUT2D eigenvalue weighted by Crippen LogP contribution is -2.25. The summed E-state index contributed by atoms with van der Waals surface area (Å²) in [4.78, 5) is 16.8. The summed E-state index contributed by atoms with van der Waals surface area (Å²) in [5.41, 5.74) is 0.520. The van der Waals surface area contributed by atoms with Crippen molar-refractivity contribution in [3.63, 3.8) is 0 Å². The van der Waals surface area contributed by atoms with Crippen LogP contribution in [0, 0.1) is 11.6 Å². The number of ether oxygens (including phenoxy) is 1. The van der Waals surface area contributed by atoms with Crippen LogP contribution >= 0.6 is 0 Å². The van der Waals surface area contributed by atoms with Gasteiger partial charge in [0.25, 0.3) is 5.91 Å². The van der Waals surface area contributed by atoms with Crippen molar-refractivity contribution in [2.75, 3.05) is 0 Å². The number of nitrogens with zero attached hydrogens (tertiary/aromatic N) is 4. The summed E-state index contributed by atoms with van der Waals surface area (Å²) < 4.78 is 33.5. The number of aromatic nitrogens is 5. The number of amides is 1. The van der Waals surface area contributed by atoms with Gasteiger partial charge < -0.3 is 10.1 Å². The fraction of sp³-hybridized carbons (Fsp3) is 0.174. The number of nitrogens with one attached hydrogen (secondary N) is 2. The number of aromatic amines is 1. The predicted octanol–water partition coefficient (Wildman–Crippen LogP) is 3.92. The second-order valence-corrected chi connectivity index (χ2v) is 7.78. The molecule has 1 amide bonds. The number of carbonyl (C=O) groups excluding carboxylic acids is 1. The zero-order valence-electron chi connectivity index (χ0n) is 17.8. The molecule has 0 aliphatic heterocycles. The molecular weight excluding hydrogens is 430 g/mol. The third-order valence-electron chi connectivity index (χ3n) is 5.20. The molecule has 2 N–H and O–H groups in total. The molecule has 2 aromatic heterocycles. The first-order valence-corrected chi connectivity index (χ1v) is 10.0. The highest BCUT2D eigenvalue weighted by Gasteiger charge is 2.28. The molecule has 0 aliphatic rings. The lowest BCUT2D eigenvalue weighted by atomic mass is 9.83. The van der Waals surface area contributed by atoms with E-state index in [-0.39, 0.29) is 18.0 Å². The topological polar surface area (TPSA) is 106 Å². The summed E-state index contributed by atoms with van der Waals surface area (Å²) in [6.45, 7) is 3.70. The molecule has 0 aliphatic carbocycles. The number of carbonyl (C=O) groups is 1. The number of benzene rings is 2. The molecule has 0 bridgehead atoms. The first kappa shape index (κ1) is 22.0. The van der Waals surface area contributed by atoms with Gasteiger partial charge in [-0.2, -0.15) is 0 Å². The second-order valence-electron chi connectivity index (χ2n) is 7.78. The van der Waals surface area contributed by atoms with Crippen LogP contribution in [0.4, 0.5) is 8.78 Å². The summed E-state index contributed by atoms with van der Waals surface area (Å²) in [5.74, 6) is -0.474. The van der Waals surface area contributed by atoms with Crippen LogP contribution in [0.25, 0.3) is 0 Å². The highest BCUT2D eigenvalue weighted by atomic mass is 19.1. The van der Waals surface area contributed by atoms with E-state index in [4.69, 9.17) is 4.74 Å². The van der Waals surface area contributed by atoms with Crippen molar-refractivity contribution in [2.24, 2.45) is 0 Å². The molecule has 0 radical (unpaired) electrons. The zero-order valence-corrected chi connectivity index (χ0v) is 17.8. The summed E-state index contributed by atoms with van der Waals surface area (Å²) in [7, 11) is 0. The summed E-state index contributed by atoms with van der Waals surface area (Å²) in [5, 5.41) is 16.5. The molecule has 0 fully saturated rings. The number of H-pyrrole nitrogens is 1. The average Bonchev–Trinajstić information content (AvgIpc) is 3.36. The van der Waals surface area contributed by atoms with Gasteiger partial charge in [-0.1, -0.05) is 12.1 Å². The molecule has 33 heavy (non-hydrogen) atoms. The van der Waals surface area contributed by atoms with Crippen molar-refractivity contribution in [3.05, 3.63) is 94.9 Å². The van der Waals surface area contributed by atoms with E-state index < -0.39 is 23.0 Å². The van der Waals surface area contributed by atoms with Gasteiger partial charge in [-0.3, -0.25) is 4.79 Å². The van der Waals surface area contributed by atoms with Crippen molar-refractivity contribution >= 4 is 5.91 Å².